The lowest BCUT2D eigenvalue weighted by Crippen LogP contribution is -2.35. The van der Waals surface area contributed by atoms with Crippen LogP contribution in [-0.4, -0.2) is 73.0 Å². The van der Waals surface area contributed by atoms with Crippen molar-refractivity contribution in [1.29, 1.82) is 0 Å². The molecule has 1 aliphatic rings. The minimum atomic E-state index is -1.11. The molecule has 3 rings (SSSR count). The lowest BCUT2D eigenvalue weighted by atomic mass is 10.1. The SMILES string of the molecule is COC(=O)N1CCC(CNC(=O)Nc2cnc3c(ccn3COCC[Si](C)(C)C)n2)C1. The van der Waals surface area contributed by atoms with Crippen LogP contribution in [0.2, 0.25) is 25.7 Å². The van der Waals surface area contributed by atoms with Crippen molar-refractivity contribution in [2.24, 2.45) is 5.92 Å². The predicted molar refractivity (Wildman–Crippen MR) is 121 cm³/mol. The van der Waals surface area contributed by atoms with E-state index in [2.05, 4.69) is 40.2 Å². The van der Waals surface area contributed by atoms with Gasteiger partial charge >= 0.3 is 12.1 Å². The molecule has 2 aromatic heterocycles. The van der Waals surface area contributed by atoms with E-state index in [0.717, 1.165) is 19.1 Å². The summed E-state index contributed by atoms with van der Waals surface area (Å²) in [6.45, 7) is 9.82. The summed E-state index contributed by atoms with van der Waals surface area (Å²) in [4.78, 5) is 34.3. The number of likely N-dealkylation sites (tertiary alicyclic amines) is 1. The third kappa shape index (κ3) is 6.66. The molecule has 1 fully saturated rings. The molecule has 31 heavy (non-hydrogen) atoms. The molecule has 1 aliphatic heterocycles. The van der Waals surface area contributed by atoms with Crippen molar-refractivity contribution < 1.29 is 19.1 Å². The molecule has 10 nitrogen and oxygen atoms in total. The lowest BCUT2D eigenvalue weighted by molar-refractivity contribution is 0.0899. The molecule has 0 aromatic carbocycles. The van der Waals surface area contributed by atoms with Crippen LogP contribution < -0.4 is 10.6 Å². The molecule has 11 heteroatoms. The van der Waals surface area contributed by atoms with Gasteiger partial charge in [0.15, 0.2) is 11.5 Å². The fourth-order valence-corrected chi connectivity index (χ4v) is 4.12. The van der Waals surface area contributed by atoms with Gasteiger partial charge in [0, 0.05) is 40.5 Å². The topological polar surface area (TPSA) is 111 Å². The number of methoxy groups -OCH3 is 1. The molecule has 2 aromatic rings. The van der Waals surface area contributed by atoms with E-state index in [4.69, 9.17) is 9.47 Å². The van der Waals surface area contributed by atoms with Crippen molar-refractivity contribution in [2.45, 2.75) is 38.8 Å². The number of hydrogen-bond acceptors (Lipinski definition) is 6. The maximum absolute atomic E-state index is 12.2. The smallest absolute Gasteiger partial charge is 0.409 e. The van der Waals surface area contributed by atoms with Gasteiger partial charge in [0.1, 0.15) is 12.2 Å². The highest BCUT2D eigenvalue weighted by Gasteiger charge is 2.26. The molecule has 0 spiro atoms. The van der Waals surface area contributed by atoms with Crippen LogP contribution in [0.1, 0.15) is 6.42 Å². The summed E-state index contributed by atoms with van der Waals surface area (Å²) in [5, 5.41) is 5.55. The summed E-state index contributed by atoms with van der Waals surface area (Å²) in [6, 6.07) is 2.62. The Morgan fingerprint density at radius 1 is 1.32 bits per heavy atom. The Kier molecular flexibility index (Phi) is 7.49. The zero-order valence-electron chi connectivity index (χ0n) is 18.7. The van der Waals surface area contributed by atoms with Gasteiger partial charge in [-0.25, -0.2) is 19.6 Å². The highest BCUT2D eigenvalue weighted by atomic mass is 28.3. The Labute approximate surface area is 183 Å². The van der Waals surface area contributed by atoms with E-state index in [1.165, 1.54) is 13.3 Å². The van der Waals surface area contributed by atoms with Gasteiger partial charge < -0.3 is 24.3 Å². The number of carbonyl (C=O) groups excluding carboxylic acids is 2. The number of carbonyl (C=O) groups is 2. The van der Waals surface area contributed by atoms with Crippen LogP contribution >= 0.6 is 0 Å². The fraction of sp³-hybridized carbons (Fsp3) is 0.600. The van der Waals surface area contributed by atoms with E-state index in [9.17, 15) is 9.59 Å². The number of fused-ring (bicyclic) bond motifs is 1. The second-order valence-electron chi connectivity index (χ2n) is 9.00. The van der Waals surface area contributed by atoms with Gasteiger partial charge in [-0.2, -0.15) is 0 Å². The van der Waals surface area contributed by atoms with Crippen LogP contribution in [0, 0.1) is 5.92 Å². The number of aromatic nitrogens is 3. The number of amides is 3. The molecule has 0 radical (unpaired) electrons. The first-order valence-corrected chi connectivity index (χ1v) is 14.2. The summed E-state index contributed by atoms with van der Waals surface area (Å²) < 4.78 is 12.4. The second kappa shape index (κ2) is 10.1. The highest BCUT2D eigenvalue weighted by Crippen LogP contribution is 2.17. The Hall–Kier alpha value is -2.66. The van der Waals surface area contributed by atoms with Crippen molar-refractivity contribution in [1.82, 2.24) is 24.8 Å². The van der Waals surface area contributed by atoms with Crippen LogP contribution in [0.5, 0.6) is 0 Å². The Morgan fingerprint density at radius 2 is 2.13 bits per heavy atom. The third-order valence-electron chi connectivity index (χ3n) is 5.20. The summed E-state index contributed by atoms with van der Waals surface area (Å²) in [7, 11) is 0.256. The molecule has 3 heterocycles. The molecular weight excluding hydrogens is 416 g/mol. The average Bonchev–Trinajstić information content (AvgIpc) is 3.35. The zero-order chi connectivity index (χ0) is 22.4. The van der Waals surface area contributed by atoms with E-state index in [1.54, 1.807) is 4.90 Å². The largest absolute Gasteiger partial charge is 0.453 e. The van der Waals surface area contributed by atoms with Crippen LogP contribution in [0.4, 0.5) is 15.4 Å². The standard InChI is InChI=1S/C20H32N6O4Si/c1-29-20(28)25-7-5-15(13-25)11-22-19(27)24-17-12-21-18-16(23-17)6-8-26(18)14-30-9-10-31(2,3)4/h6,8,12,15H,5,7,9-11,13-14H2,1-4H3,(H2,22,23,24,27). The second-order valence-corrected chi connectivity index (χ2v) is 14.6. The summed E-state index contributed by atoms with van der Waals surface area (Å²) in [5.74, 6) is 0.582. The van der Waals surface area contributed by atoms with Gasteiger partial charge in [0.05, 0.1) is 13.3 Å². The first-order valence-electron chi connectivity index (χ1n) is 10.5. The van der Waals surface area contributed by atoms with Gasteiger partial charge in [0.2, 0.25) is 0 Å². The molecule has 1 unspecified atom stereocenters. The van der Waals surface area contributed by atoms with Crippen LogP contribution in [0.15, 0.2) is 18.5 Å². The monoisotopic (exact) mass is 448 g/mol. The average molecular weight is 449 g/mol. The van der Waals surface area contributed by atoms with Crippen molar-refractivity contribution in [3.05, 3.63) is 18.5 Å². The Balaban J connectivity index is 1.46. The van der Waals surface area contributed by atoms with Gasteiger partial charge in [-0.15, -0.1) is 0 Å². The normalized spacial score (nSPS) is 16.5. The van der Waals surface area contributed by atoms with Crippen molar-refractivity contribution in [3.8, 4) is 0 Å². The fourth-order valence-electron chi connectivity index (χ4n) is 3.36. The maximum Gasteiger partial charge on any atom is 0.409 e. The van der Waals surface area contributed by atoms with Crippen LogP contribution in [0.3, 0.4) is 0 Å². The quantitative estimate of drug-likeness (QED) is 0.474. The van der Waals surface area contributed by atoms with Crippen molar-refractivity contribution in [3.63, 3.8) is 0 Å². The number of hydrogen-bond donors (Lipinski definition) is 2. The summed E-state index contributed by atoms with van der Waals surface area (Å²) >= 11 is 0. The molecule has 3 amide bonds. The van der Waals surface area contributed by atoms with Crippen LogP contribution in [-0.2, 0) is 16.2 Å². The number of nitrogens with one attached hydrogen (secondary N) is 2. The van der Waals surface area contributed by atoms with E-state index < -0.39 is 8.07 Å². The molecular formula is C20H32N6O4Si. The first kappa shape index (κ1) is 23.0. The summed E-state index contributed by atoms with van der Waals surface area (Å²) in [6.07, 6.45) is 3.92. The van der Waals surface area contributed by atoms with Crippen molar-refractivity contribution in [2.75, 3.05) is 38.7 Å². The van der Waals surface area contributed by atoms with E-state index >= 15 is 0 Å². The summed E-state index contributed by atoms with van der Waals surface area (Å²) in [5.41, 5.74) is 1.41. The maximum atomic E-state index is 12.2. The number of rotatable bonds is 8. The molecule has 1 atom stereocenters. The minimum absolute atomic E-state index is 0.202. The van der Waals surface area contributed by atoms with Gasteiger partial charge in [0.25, 0.3) is 0 Å². The minimum Gasteiger partial charge on any atom is -0.453 e. The molecule has 1 saturated heterocycles. The molecule has 0 saturated carbocycles. The molecule has 170 valence electrons. The van der Waals surface area contributed by atoms with Crippen LogP contribution in [0.25, 0.3) is 11.2 Å². The molecule has 2 N–H and O–H groups in total. The van der Waals surface area contributed by atoms with Gasteiger partial charge in [-0.1, -0.05) is 19.6 Å². The molecule has 0 bridgehead atoms. The Morgan fingerprint density at radius 3 is 2.87 bits per heavy atom. The number of anilines is 1. The zero-order valence-corrected chi connectivity index (χ0v) is 19.7. The molecule has 0 aliphatic carbocycles. The number of nitrogens with zero attached hydrogens (tertiary/aromatic N) is 4. The van der Waals surface area contributed by atoms with Gasteiger partial charge in [-0.3, -0.25) is 5.32 Å². The van der Waals surface area contributed by atoms with E-state index in [0.29, 0.717) is 43.3 Å². The first-order chi connectivity index (χ1) is 14.7. The van der Waals surface area contributed by atoms with E-state index in [1.807, 2.05) is 16.8 Å². The third-order valence-corrected chi connectivity index (χ3v) is 6.91. The van der Waals surface area contributed by atoms with Crippen molar-refractivity contribution >= 4 is 37.2 Å². The highest BCUT2D eigenvalue weighted by molar-refractivity contribution is 6.76. The Bertz CT molecular complexity index is 913. The van der Waals surface area contributed by atoms with E-state index in [-0.39, 0.29) is 18.0 Å². The lowest BCUT2D eigenvalue weighted by Gasteiger charge is -2.15. The number of urea groups is 1. The predicted octanol–water partition coefficient (Wildman–Crippen LogP) is 2.95. The number of ether oxygens (including phenoxy) is 2. The van der Waals surface area contributed by atoms with Gasteiger partial charge in [-0.05, 0) is 24.4 Å².